The standard InChI is InChI=1S/C61H115NO5/c1-4-7-10-13-16-19-22-25-28-30-31-33-36-39-42-45-48-51-54-61(66)67-57(52-49-46-43-40-37-34-32-29-26-23-20-17-14-11-8-5-2)55-60(65)62-58(56-63)59(64)53-50-47-44-41-38-35-27-24-21-18-15-12-9-6-3/h28,30-31,33-34,37,57-59,63-64H,4-27,29,32,35-36,38-56H2,1-3H3,(H,62,65)/b30-28+,33-31+,37-34+. The van der Waals surface area contributed by atoms with Gasteiger partial charge < -0.3 is 20.3 Å². The van der Waals surface area contributed by atoms with Gasteiger partial charge in [0.1, 0.15) is 6.10 Å². The number of aliphatic hydroxyl groups excluding tert-OH is 2. The number of rotatable bonds is 54. The summed E-state index contributed by atoms with van der Waals surface area (Å²) in [6.45, 7) is 6.51. The van der Waals surface area contributed by atoms with Crippen molar-refractivity contribution < 1.29 is 24.5 Å². The van der Waals surface area contributed by atoms with Gasteiger partial charge in [0.2, 0.25) is 5.91 Å². The molecule has 0 fully saturated rings. The molecule has 0 saturated carbocycles. The second-order valence-corrected chi connectivity index (χ2v) is 20.4. The molecule has 0 saturated heterocycles. The van der Waals surface area contributed by atoms with Crippen molar-refractivity contribution >= 4 is 11.9 Å². The highest BCUT2D eigenvalue weighted by Gasteiger charge is 2.24. The Morgan fingerprint density at radius 3 is 1.16 bits per heavy atom. The van der Waals surface area contributed by atoms with E-state index in [1.165, 1.54) is 193 Å². The molecule has 0 aromatic heterocycles. The minimum atomic E-state index is -0.793. The van der Waals surface area contributed by atoms with Gasteiger partial charge in [-0.1, -0.05) is 263 Å². The largest absolute Gasteiger partial charge is 0.462 e. The summed E-state index contributed by atoms with van der Waals surface area (Å²) in [5.41, 5.74) is 0. The van der Waals surface area contributed by atoms with Crippen molar-refractivity contribution in [3.63, 3.8) is 0 Å². The van der Waals surface area contributed by atoms with Crippen LogP contribution in [0.1, 0.15) is 316 Å². The molecule has 0 aliphatic rings. The van der Waals surface area contributed by atoms with Crippen molar-refractivity contribution in [2.45, 2.75) is 334 Å². The molecule has 0 spiro atoms. The topological polar surface area (TPSA) is 95.9 Å². The maximum Gasteiger partial charge on any atom is 0.306 e. The molecule has 67 heavy (non-hydrogen) atoms. The highest BCUT2D eigenvalue weighted by atomic mass is 16.5. The maximum absolute atomic E-state index is 13.3. The van der Waals surface area contributed by atoms with Crippen molar-refractivity contribution in [2.24, 2.45) is 0 Å². The molecule has 6 heteroatoms. The summed E-state index contributed by atoms with van der Waals surface area (Å²) in [5.74, 6) is -0.492. The monoisotopic (exact) mass is 942 g/mol. The smallest absolute Gasteiger partial charge is 0.306 e. The predicted octanol–water partition coefficient (Wildman–Crippen LogP) is 18.4. The minimum Gasteiger partial charge on any atom is -0.462 e. The Bertz CT molecular complexity index is 1100. The summed E-state index contributed by atoms with van der Waals surface area (Å²) in [6, 6.07) is -0.708. The van der Waals surface area contributed by atoms with Gasteiger partial charge in [-0.3, -0.25) is 9.59 Å². The number of aliphatic hydroxyl groups is 2. The first kappa shape index (κ1) is 65.1. The van der Waals surface area contributed by atoms with Gasteiger partial charge in [0, 0.05) is 6.42 Å². The first-order chi connectivity index (χ1) is 33.0. The fourth-order valence-corrected chi connectivity index (χ4v) is 9.18. The van der Waals surface area contributed by atoms with Crippen LogP contribution in [-0.2, 0) is 14.3 Å². The van der Waals surface area contributed by atoms with Gasteiger partial charge in [0.05, 0.1) is 25.2 Å². The van der Waals surface area contributed by atoms with Gasteiger partial charge in [0.15, 0.2) is 0 Å². The lowest BCUT2D eigenvalue weighted by atomic mass is 10.0. The van der Waals surface area contributed by atoms with E-state index in [1.54, 1.807) is 0 Å². The van der Waals surface area contributed by atoms with E-state index in [9.17, 15) is 19.8 Å². The van der Waals surface area contributed by atoms with Gasteiger partial charge in [0.25, 0.3) is 0 Å². The van der Waals surface area contributed by atoms with Crippen LogP contribution in [0.5, 0.6) is 0 Å². The molecule has 394 valence electrons. The summed E-state index contributed by atoms with van der Waals surface area (Å²) in [5, 5.41) is 23.9. The zero-order valence-corrected chi connectivity index (χ0v) is 45.0. The summed E-state index contributed by atoms with van der Waals surface area (Å²) in [6.07, 6.45) is 66.4. The van der Waals surface area contributed by atoms with Gasteiger partial charge in [-0.15, -0.1) is 0 Å². The summed E-state index contributed by atoms with van der Waals surface area (Å²) < 4.78 is 5.96. The number of hydrogen-bond donors (Lipinski definition) is 3. The van der Waals surface area contributed by atoms with Crippen LogP contribution in [-0.4, -0.2) is 46.9 Å². The SMILES string of the molecule is CCCCCCCCC/C=C/C=C/CCCCCCCC(=O)OC(CCCCC/C=C/CCCCCCCCCCC)CC(=O)NC(CO)C(O)CCCCCCCCCCCCCCCC. The summed E-state index contributed by atoms with van der Waals surface area (Å²) in [7, 11) is 0. The lowest BCUT2D eigenvalue weighted by Crippen LogP contribution is -2.46. The molecule has 0 aliphatic carbocycles. The molecule has 0 aliphatic heterocycles. The lowest BCUT2D eigenvalue weighted by Gasteiger charge is -2.24. The van der Waals surface area contributed by atoms with Gasteiger partial charge in [-0.25, -0.2) is 0 Å². The molecule has 3 atom stereocenters. The third kappa shape index (κ3) is 50.3. The van der Waals surface area contributed by atoms with E-state index in [1.807, 2.05) is 0 Å². The molecule has 0 rings (SSSR count). The number of hydrogen-bond acceptors (Lipinski definition) is 5. The first-order valence-corrected chi connectivity index (χ1v) is 29.7. The maximum atomic E-state index is 13.3. The second-order valence-electron chi connectivity index (χ2n) is 20.4. The zero-order valence-electron chi connectivity index (χ0n) is 45.0. The molecule has 1 amide bonds. The van der Waals surface area contributed by atoms with E-state index in [0.29, 0.717) is 19.3 Å². The Morgan fingerprint density at radius 1 is 0.433 bits per heavy atom. The number of esters is 1. The summed E-state index contributed by atoms with van der Waals surface area (Å²) in [4.78, 5) is 26.3. The average Bonchev–Trinajstić information content (AvgIpc) is 3.32. The highest BCUT2D eigenvalue weighted by Crippen LogP contribution is 2.18. The minimum absolute atomic E-state index is 0.0638. The number of carbonyl (C=O) groups excluding carboxylic acids is 2. The van der Waals surface area contributed by atoms with Crippen molar-refractivity contribution in [2.75, 3.05) is 6.61 Å². The normalized spacial score (nSPS) is 13.3. The van der Waals surface area contributed by atoms with E-state index in [0.717, 1.165) is 77.0 Å². The number of unbranched alkanes of at least 4 members (excludes halogenated alkanes) is 37. The Kier molecular flexibility index (Phi) is 53.4. The van der Waals surface area contributed by atoms with E-state index in [2.05, 4.69) is 62.5 Å². The molecule has 3 unspecified atom stereocenters. The number of carbonyl (C=O) groups is 2. The second kappa shape index (κ2) is 55.0. The van der Waals surface area contributed by atoms with E-state index in [-0.39, 0.29) is 24.9 Å². The average molecular weight is 943 g/mol. The Balaban J connectivity index is 4.58. The molecule has 6 nitrogen and oxygen atoms in total. The van der Waals surface area contributed by atoms with Crippen LogP contribution in [0.15, 0.2) is 36.5 Å². The van der Waals surface area contributed by atoms with Crippen molar-refractivity contribution in [1.82, 2.24) is 5.32 Å². The van der Waals surface area contributed by atoms with Crippen LogP contribution >= 0.6 is 0 Å². The molecular weight excluding hydrogens is 827 g/mol. The van der Waals surface area contributed by atoms with Crippen LogP contribution in [0.25, 0.3) is 0 Å². The molecule has 0 bridgehead atoms. The Labute approximate surface area is 417 Å². The third-order valence-corrected chi connectivity index (χ3v) is 13.7. The number of amides is 1. The van der Waals surface area contributed by atoms with Crippen LogP contribution < -0.4 is 5.32 Å². The zero-order chi connectivity index (χ0) is 48.8. The molecule has 0 aromatic carbocycles. The Morgan fingerprint density at radius 2 is 0.761 bits per heavy atom. The van der Waals surface area contributed by atoms with E-state index >= 15 is 0 Å². The van der Waals surface area contributed by atoms with Gasteiger partial charge in [-0.2, -0.15) is 0 Å². The van der Waals surface area contributed by atoms with Crippen LogP contribution in [0.4, 0.5) is 0 Å². The molecule has 3 N–H and O–H groups in total. The third-order valence-electron chi connectivity index (χ3n) is 13.7. The fourth-order valence-electron chi connectivity index (χ4n) is 9.18. The predicted molar refractivity (Wildman–Crippen MR) is 292 cm³/mol. The quantitative estimate of drug-likeness (QED) is 0.0244. The van der Waals surface area contributed by atoms with E-state index in [4.69, 9.17) is 4.74 Å². The van der Waals surface area contributed by atoms with Crippen LogP contribution in [0, 0.1) is 0 Å². The fraction of sp³-hybridized carbons (Fsp3) is 0.869. The Hall–Kier alpha value is -1.92. The van der Waals surface area contributed by atoms with Crippen LogP contribution in [0.3, 0.4) is 0 Å². The lowest BCUT2D eigenvalue weighted by molar-refractivity contribution is -0.151. The number of ether oxygens (including phenoxy) is 1. The van der Waals surface area contributed by atoms with Crippen molar-refractivity contribution in [3.8, 4) is 0 Å². The molecule has 0 aromatic rings. The van der Waals surface area contributed by atoms with Gasteiger partial charge in [-0.05, 0) is 77.0 Å². The number of nitrogens with one attached hydrogen (secondary N) is 1. The van der Waals surface area contributed by atoms with Crippen molar-refractivity contribution in [1.29, 1.82) is 0 Å². The van der Waals surface area contributed by atoms with Crippen molar-refractivity contribution in [3.05, 3.63) is 36.5 Å². The van der Waals surface area contributed by atoms with E-state index < -0.39 is 18.2 Å². The molecular formula is C61H115NO5. The summed E-state index contributed by atoms with van der Waals surface area (Å²) >= 11 is 0. The number of allylic oxidation sites excluding steroid dienone is 6. The molecule has 0 heterocycles. The van der Waals surface area contributed by atoms with Crippen LogP contribution in [0.2, 0.25) is 0 Å². The van der Waals surface area contributed by atoms with Gasteiger partial charge >= 0.3 is 5.97 Å². The molecule has 0 radical (unpaired) electrons. The first-order valence-electron chi connectivity index (χ1n) is 29.7. The highest BCUT2D eigenvalue weighted by molar-refractivity contribution is 5.77.